The number of hydrogen-bond donors (Lipinski definition) is 1. The second-order valence-electron chi connectivity index (χ2n) is 13.4. The van der Waals surface area contributed by atoms with Crippen LogP contribution in [0.2, 0.25) is 0 Å². The van der Waals surface area contributed by atoms with E-state index in [2.05, 4.69) is 4.74 Å². The van der Waals surface area contributed by atoms with Crippen molar-refractivity contribution >= 4 is 46.7 Å². The summed E-state index contributed by atoms with van der Waals surface area (Å²) in [6.07, 6.45) is 4.62. The van der Waals surface area contributed by atoms with Gasteiger partial charge in [-0.3, -0.25) is 4.79 Å². The molecular formula is C35H58N4O9S. The number of nitrogen functional groups attached to an aromatic ring is 1. The van der Waals surface area contributed by atoms with E-state index in [-0.39, 0.29) is 32.0 Å². The molecule has 2 saturated heterocycles. The number of amides is 2. The van der Waals surface area contributed by atoms with Gasteiger partial charge < -0.3 is 39.3 Å². The molecule has 278 valence electrons. The third-order valence-corrected chi connectivity index (χ3v) is 8.01. The van der Waals surface area contributed by atoms with Crippen molar-refractivity contribution in [1.29, 1.82) is 5.26 Å². The normalized spacial score (nSPS) is 17.3. The third kappa shape index (κ3) is 17.9. The van der Waals surface area contributed by atoms with Crippen molar-refractivity contribution in [2.45, 2.75) is 118 Å². The van der Waals surface area contributed by atoms with Gasteiger partial charge in [0.1, 0.15) is 28.9 Å². The Morgan fingerprint density at radius 1 is 0.939 bits per heavy atom. The minimum absolute atomic E-state index is 0. The van der Waals surface area contributed by atoms with Crippen LogP contribution in [-0.4, -0.2) is 90.8 Å². The Morgan fingerprint density at radius 3 is 1.96 bits per heavy atom. The standard InChI is InChI=1S/C17H26N2O4S.C12H21NO3.C5H7NO2.CH4/c1-5-22-15(20)12-9-13(24-14(12)18)11-7-6-8-19(10-11)16(21)23-17(2,3)4;1-12(2,3)16-11(15)13-7-4-5-10(9-13)6-8-14;1-2-8-5(7)3-4-6;/h9,11H,5-8,10,18H2,1-4H3;8,10H,4-7,9H2,1-3H3;2-3H2,1H3;1H4. The molecule has 1 aromatic rings. The molecule has 2 unspecified atom stereocenters. The van der Waals surface area contributed by atoms with Gasteiger partial charge in [-0.05, 0) is 93.1 Å². The zero-order chi connectivity index (χ0) is 36.5. The second kappa shape index (κ2) is 22.0. The molecule has 0 aliphatic carbocycles. The molecule has 2 atom stereocenters. The smallest absolute Gasteiger partial charge is 0.410 e. The highest BCUT2D eigenvalue weighted by Gasteiger charge is 2.30. The molecule has 2 amide bonds. The molecule has 0 radical (unpaired) electrons. The monoisotopic (exact) mass is 710 g/mol. The SMILES string of the molecule is C.CC(C)(C)OC(=O)N1CCCC(CC=O)C1.CCOC(=O)CC#N.CCOC(=O)c1cc(C2CCCN(C(=O)OC(C)(C)C)C2)sc1N. The van der Waals surface area contributed by atoms with Crippen LogP contribution in [0.1, 0.15) is 122 Å². The number of ether oxygens (including phenoxy) is 4. The number of carbonyl (C=O) groups is 5. The molecule has 0 saturated carbocycles. The van der Waals surface area contributed by atoms with Crippen LogP contribution in [0.4, 0.5) is 14.6 Å². The number of aldehydes is 1. The predicted molar refractivity (Wildman–Crippen MR) is 189 cm³/mol. The van der Waals surface area contributed by atoms with Gasteiger partial charge in [0.25, 0.3) is 0 Å². The van der Waals surface area contributed by atoms with E-state index >= 15 is 0 Å². The Hall–Kier alpha value is -3.86. The van der Waals surface area contributed by atoms with Crippen LogP contribution in [-0.2, 0) is 28.5 Å². The number of nitrogens with two attached hydrogens (primary N) is 1. The van der Waals surface area contributed by atoms with Crippen molar-refractivity contribution in [1.82, 2.24) is 9.80 Å². The van der Waals surface area contributed by atoms with Crippen LogP contribution in [0, 0.1) is 17.2 Å². The first-order chi connectivity index (χ1) is 22.4. The number of rotatable bonds is 7. The fourth-order valence-electron chi connectivity index (χ4n) is 4.86. The topological polar surface area (TPSA) is 179 Å². The van der Waals surface area contributed by atoms with Crippen LogP contribution in [0.25, 0.3) is 0 Å². The highest BCUT2D eigenvalue weighted by Crippen LogP contribution is 2.36. The first-order valence-corrected chi connectivity index (χ1v) is 17.2. The molecule has 2 N–H and O–H groups in total. The lowest BCUT2D eigenvalue weighted by molar-refractivity contribution is -0.141. The lowest BCUT2D eigenvalue weighted by Crippen LogP contribution is -2.42. The first-order valence-electron chi connectivity index (χ1n) is 16.4. The van der Waals surface area contributed by atoms with Crippen molar-refractivity contribution in [3.05, 3.63) is 16.5 Å². The molecule has 0 spiro atoms. The van der Waals surface area contributed by atoms with E-state index in [0.717, 1.165) is 43.4 Å². The number of hydrogen-bond acceptors (Lipinski definition) is 12. The molecule has 3 heterocycles. The predicted octanol–water partition coefficient (Wildman–Crippen LogP) is 6.94. The third-order valence-electron chi connectivity index (χ3n) is 6.88. The van der Waals surface area contributed by atoms with Gasteiger partial charge in [-0.25, -0.2) is 14.4 Å². The Labute approximate surface area is 296 Å². The molecular weight excluding hydrogens is 652 g/mol. The van der Waals surface area contributed by atoms with Gasteiger partial charge in [-0.15, -0.1) is 11.3 Å². The molecule has 2 aliphatic rings. The Balaban J connectivity index is 0.000000795. The first kappa shape index (κ1) is 45.1. The molecule has 0 aromatic carbocycles. The Kier molecular flexibility index (Phi) is 20.2. The van der Waals surface area contributed by atoms with E-state index < -0.39 is 23.1 Å². The number of esters is 2. The number of piperidine rings is 2. The lowest BCUT2D eigenvalue weighted by atomic mass is 9.96. The zero-order valence-electron chi connectivity index (χ0n) is 29.8. The summed E-state index contributed by atoms with van der Waals surface area (Å²) < 4.78 is 20.2. The van der Waals surface area contributed by atoms with E-state index in [1.165, 1.54) is 11.3 Å². The van der Waals surface area contributed by atoms with Gasteiger partial charge in [-0.1, -0.05) is 7.43 Å². The van der Waals surface area contributed by atoms with Gasteiger partial charge >= 0.3 is 24.1 Å². The molecule has 3 rings (SSSR count). The largest absolute Gasteiger partial charge is 0.465 e. The van der Waals surface area contributed by atoms with Gasteiger partial charge in [0.05, 0.1) is 24.8 Å². The van der Waals surface area contributed by atoms with Crippen molar-refractivity contribution in [2.75, 3.05) is 45.1 Å². The van der Waals surface area contributed by atoms with Gasteiger partial charge in [0.15, 0.2) is 0 Å². The Bertz CT molecular complexity index is 1250. The number of likely N-dealkylation sites (tertiary alicyclic amines) is 2. The average molecular weight is 711 g/mol. The summed E-state index contributed by atoms with van der Waals surface area (Å²) in [5.41, 5.74) is 5.44. The molecule has 49 heavy (non-hydrogen) atoms. The fourth-order valence-corrected chi connectivity index (χ4v) is 5.90. The molecule has 2 aliphatic heterocycles. The summed E-state index contributed by atoms with van der Waals surface area (Å²) in [4.78, 5) is 61.1. The van der Waals surface area contributed by atoms with Gasteiger partial charge in [-0.2, -0.15) is 5.26 Å². The maximum absolute atomic E-state index is 12.3. The number of carbonyl (C=O) groups excluding carboxylic acids is 5. The molecule has 1 aromatic heterocycles. The number of nitriles is 1. The van der Waals surface area contributed by atoms with Crippen LogP contribution < -0.4 is 5.73 Å². The van der Waals surface area contributed by atoms with Gasteiger partial charge in [0, 0.05) is 43.4 Å². The van der Waals surface area contributed by atoms with E-state index in [4.69, 9.17) is 25.2 Å². The number of thiophene rings is 1. The average Bonchev–Trinajstić information content (AvgIpc) is 3.39. The van der Waals surface area contributed by atoms with Crippen molar-refractivity contribution in [2.24, 2.45) is 5.92 Å². The van der Waals surface area contributed by atoms with Crippen LogP contribution in [0.15, 0.2) is 6.07 Å². The maximum Gasteiger partial charge on any atom is 0.410 e. The van der Waals surface area contributed by atoms with Crippen molar-refractivity contribution in [3.63, 3.8) is 0 Å². The fraction of sp³-hybridized carbons (Fsp3) is 0.714. The van der Waals surface area contributed by atoms with E-state index in [1.54, 1.807) is 35.8 Å². The van der Waals surface area contributed by atoms with E-state index in [1.807, 2.05) is 41.5 Å². The maximum atomic E-state index is 12.3. The minimum Gasteiger partial charge on any atom is -0.465 e. The van der Waals surface area contributed by atoms with Crippen molar-refractivity contribution < 1.29 is 42.9 Å². The van der Waals surface area contributed by atoms with Crippen LogP contribution in [0.3, 0.4) is 0 Å². The van der Waals surface area contributed by atoms with E-state index in [0.29, 0.717) is 55.8 Å². The highest BCUT2D eigenvalue weighted by atomic mass is 32.1. The minimum atomic E-state index is -0.505. The molecule has 0 bridgehead atoms. The second-order valence-corrected chi connectivity index (χ2v) is 14.5. The van der Waals surface area contributed by atoms with Crippen molar-refractivity contribution in [3.8, 4) is 6.07 Å². The number of anilines is 1. The zero-order valence-corrected chi connectivity index (χ0v) is 30.6. The Morgan fingerprint density at radius 2 is 1.47 bits per heavy atom. The molecule has 14 heteroatoms. The van der Waals surface area contributed by atoms with Crippen LogP contribution in [0.5, 0.6) is 0 Å². The summed E-state index contributed by atoms with van der Waals surface area (Å²) in [6, 6.07) is 3.48. The van der Waals surface area contributed by atoms with E-state index in [9.17, 15) is 24.0 Å². The van der Waals surface area contributed by atoms with Gasteiger partial charge in [0.2, 0.25) is 0 Å². The summed E-state index contributed by atoms with van der Waals surface area (Å²) in [5, 5.41) is 8.38. The number of nitrogens with zero attached hydrogens (tertiary/aromatic N) is 3. The highest BCUT2D eigenvalue weighted by molar-refractivity contribution is 7.16. The lowest BCUT2D eigenvalue weighted by Gasteiger charge is -2.33. The summed E-state index contributed by atoms with van der Waals surface area (Å²) in [7, 11) is 0. The summed E-state index contributed by atoms with van der Waals surface area (Å²) in [6.45, 7) is 17.9. The molecule has 13 nitrogen and oxygen atoms in total. The summed E-state index contributed by atoms with van der Waals surface area (Å²) in [5.74, 6) is -0.368. The van der Waals surface area contributed by atoms with Crippen LogP contribution >= 0.6 is 11.3 Å². The summed E-state index contributed by atoms with van der Waals surface area (Å²) >= 11 is 1.40. The molecule has 2 fully saturated rings. The quantitative estimate of drug-likeness (QED) is 0.176.